The van der Waals surface area contributed by atoms with E-state index in [1.54, 1.807) is 0 Å². The molecule has 0 saturated heterocycles. The molecule has 0 spiro atoms. The van der Waals surface area contributed by atoms with Crippen molar-refractivity contribution in [3.63, 3.8) is 0 Å². The van der Waals surface area contributed by atoms with E-state index in [9.17, 15) is 4.79 Å². The van der Waals surface area contributed by atoms with Gasteiger partial charge in [-0.2, -0.15) is 0 Å². The standard InChI is InChI=1S/C11H15NO2S/c1-2-5-12-6-3-4-8-7-9(11(13)14)15-10(8)12/h7H,2-6H2,1H3,(H,13,14). The summed E-state index contributed by atoms with van der Waals surface area (Å²) >= 11 is 1.42. The Morgan fingerprint density at radius 2 is 2.47 bits per heavy atom. The fourth-order valence-corrected chi connectivity index (χ4v) is 3.12. The van der Waals surface area contributed by atoms with Crippen LogP contribution in [0.2, 0.25) is 0 Å². The molecule has 1 aliphatic rings. The van der Waals surface area contributed by atoms with Gasteiger partial charge in [-0.25, -0.2) is 4.79 Å². The Labute approximate surface area is 93.3 Å². The Balaban J connectivity index is 2.30. The number of aryl methyl sites for hydroxylation is 1. The van der Waals surface area contributed by atoms with Crippen molar-refractivity contribution in [1.29, 1.82) is 0 Å². The van der Waals surface area contributed by atoms with Crippen molar-refractivity contribution in [3.05, 3.63) is 16.5 Å². The largest absolute Gasteiger partial charge is 0.477 e. The lowest BCUT2D eigenvalue weighted by atomic mass is 10.1. The van der Waals surface area contributed by atoms with Crippen molar-refractivity contribution in [1.82, 2.24) is 0 Å². The van der Waals surface area contributed by atoms with Crippen LogP contribution in [0.3, 0.4) is 0 Å². The average molecular weight is 225 g/mol. The molecule has 0 radical (unpaired) electrons. The van der Waals surface area contributed by atoms with Gasteiger partial charge in [0.2, 0.25) is 0 Å². The number of carboxylic acid groups (broad SMARTS) is 1. The molecule has 1 N–H and O–H groups in total. The third-order valence-corrected chi connectivity index (χ3v) is 3.88. The van der Waals surface area contributed by atoms with E-state index in [2.05, 4.69) is 11.8 Å². The maximum atomic E-state index is 10.9. The van der Waals surface area contributed by atoms with E-state index in [0.29, 0.717) is 4.88 Å². The first-order chi connectivity index (χ1) is 7.22. The van der Waals surface area contributed by atoms with Crippen LogP contribution in [0, 0.1) is 0 Å². The lowest BCUT2D eigenvalue weighted by Crippen LogP contribution is -2.28. The first-order valence-corrected chi connectivity index (χ1v) is 6.15. The summed E-state index contributed by atoms with van der Waals surface area (Å²) in [6.07, 6.45) is 3.28. The predicted molar refractivity (Wildman–Crippen MR) is 62.1 cm³/mol. The molecular formula is C11H15NO2S. The van der Waals surface area contributed by atoms with E-state index < -0.39 is 5.97 Å². The van der Waals surface area contributed by atoms with Gasteiger partial charge in [-0.05, 0) is 30.9 Å². The molecule has 0 atom stereocenters. The van der Waals surface area contributed by atoms with Crippen molar-refractivity contribution < 1.29 is 9.90 Å². The molecule has 4 heteroatoms. The lowest BCUT2D eigenvalue weighted by molar-refractivity contribution is 0.0702. The minimum absolute atomic E-state index is 0.475. The van der Waals surface area contributed by atoms with E-state index in [0.717, 1.165) is 32.4 Å². The first-order valence-electron chi connectivity index (χ1n) is 5.33. The molecule has 0 saturated carbocycles. The molecule has 0 aliphatic carbocycles. The third-order valence-electron chi connectivity index (χ3n) is 2.65. The summed E-state index contributed by atoms with van der Waals surface area (Å²) in [5, 5.41) is 10.1. The number of hydrogen-bond acceptors (Lipinski definition) is 3. The Hall–Kier alpha value is -1.03. The highest BCUT2D eigenvalue weighted by molar-refractivity contribution is 7.18. The van der Waals surface area contributed by atoms with Gasteiger partial charge in [0.1, 0.15) is 4.88 Å². The number of fused-ring (bicyclic) bond motifs is 1. The summed E-state index contributed by atoms with van der Waals surface area (Å²) in [4.78, 5) is 13.7. The Morgan fingerprint density at radius 1 is 1.67 bits per heavy atom. The molecule has 2 heterocycles. The van der Waals surface area contributed by atoms with Gasteiger partial charge in [-0.1, -0.05) is 6.92 Å². The van der Waals surface area contributed by atoms with Gasteiger partial charge in [0.05, 0.1) is 5.00 Å². The van der Waals surface area contributed by atoms with Crippen LogP contribution in [0.4, 0.5) is 5.00 Å². The maximum absolute atomic E-state index is 10.9. The molecule has 0 amide bonds. The summed E-state index contributed by atoms with van der Waals surface area (Å²) in [6.45, 7) is 4.26. The van der Waals surface area contributed by atoms with Crippen LogP contribution >= 0.6 is 11.3 Å². The molecule has 0 bridgehead atoms. The molecule has 1 aromatic heterocycles. The van der Waals surface area contributed by atoms with Gasteiger partial charge in [-0.15, -0.1) is 11.3 Å². The second-order valence-corrected chi connectivity index (χ2v) is 4.87. The Kier molecular flexibility index (Phi) is 2.95. The van der Waals surface area contributed by atoms with Gasteiger partial charge < -0.3 is 10.0 Å². The number of nitrogens with zero attached hydrogens (tertiary/aromatic N) is 1. The number of hydrogen-bond donors (Lipinski definition) is 1. The van der Waals surface area contributed by atoms with Gasteiger partial charge >= 0.3 is 5.97 Å². The van der Waals surface area contributed by atoms with Gasteiger partial charge in [-0.3, -0.25) is 0 Å². The molecule has 15 heavy (non-hydrogen) atoms. The Bertz CT molecular complexity index is 373. The average Bonchev–Trinajstić information content (AvgIpc) is 2.63. The maximum Gasteiger partial charge on any atom is 0.345 e. The first kappa shape index (κ1) is 10.5. The van der Waals surface area contributed by atoms with Gasteiger partial charge in [0.25, 0.3) is 0 Å². The second-order valence-electron chi connectivity index (χ2n) is 3.84. The zero-order valence-electron chi connectivity index (χ0n) is 8.82. The van der Waals surface area contributed by atoms with E-state index in [1.807, 2.05) is 6.07 Å². The molecule has 82 valence electrons. The van der Waals surface area contributed by atoms with Gasteiger partial charge in [0.15, 0.2) is 0 Å². The highest BCUT2D eigenvalue weighted by atomic mass is 32.1. The number of anilines is 1. The van der Waals surface area contributed by atoms with Crippen LogP contribution in [0.1, 0.15) is 35.0 Å². The summed E-state index contributed by atoms with van der Waals surface area (Å²) < 4.78 is 0. The zero-order chi connectivity index (χ0) is 10.8. The Morgan fingerprint density at radius 3 is 3.13 bits per heavy atom. The molecule has 0 fully saturated rings. The molecule has 0 unspecified atom stereocenters. The highest BCUT2D eigenvalue weighted by Crippen LogP contribution is 2.35. The van der Waals surface area contributed by atoms with Crippen LogP contribution in [0.25, 0.3) is 0 Å². The second kappa shape index (κ2) is 4.23. The van der Waals surface area contributed by atoms with Crippen LogP contribution in [0.5, 0.6) is 0 Å². The van der Waals surface area contributed by atoms with Crippen molar-refractivity contribution in [2.75, 3.05) is 18.0 Å². The normalized spacial score (nSPS) is 15.1. The van der Waals surface area contributed by atoms with Crippen molar-refractivity contribution in [3.8, 4) is 0 Å². The topological polar surface area (TPSA) is 40.5 Å². The van der Waals surface area contributed by atoms with Crippen molar-refractivity contribution in [2.45, 2.75) is 26.2 Å². The summed E-state index contributed by atoms with van der Waals surface area (Å²) in [5.74, 6) is -0.800. The monoisotopic (exact) mass is 225 g/mol. The van der Waals surface area contributed by atoms with Crippen molar-refractivity contribution >= 4 is 22.3 Å². The fourth-order valence-electron chi connectivity index (χ4n) is 2.02. The summed E-state index contributed by atoms with van der Waals surface area (Å²) in [5.41, 5.74) is 1.22. The summed E-state index contributed by atoms with van der Waals surface area (Å²) in [6, 6.07) is 1.84. The van der Waals surface area contributed by atoms with Crippen LogP contribution in [-0.2, 0) is 6.42 Å². The third kappa shape index (κ3) is 2.00. The predicted octanol–water partition coefficient (Wildman–Crippen LogP) is 2.61. The van der Waals surface area contributed by atoms with Crippen LogP contribution in [-0.4, -0.2) is 24.2 Å². The quantitative estimate of drug-likeness (QED) is 0.859. The van der Waals surface area contributed by atoms with Gasteiger partial charge in [0, 0.05) is 13.1 Å². The molecule has 3 nitrogen and oxygen atoms in total. The number of carboxylic acids is 1. The van der Waals surface area contributed by atoms with E-state index >= 15 is 0 Å². The smallest absolute Gasteiger partial charge is 0.345 e. The summed E-state index contributed by atoms with van der Waals surface area (Å²) in [7, 11) is 0. The van der Waals surface area contributed by atoms with Crippen molar-refractivity contribution in [2.24, 2.45) is 0 Å². The number of rotatable bonds is 3. The number of carbonyl (C=O) groups is 1. The van der Waals surface area contributed by atoms with Crippen LogP contribution < -0.4 is 4.90 Å². The lowest BCUT2D eigenvalue weighted by Gasteiger charge is -2.27. The molecule has 1 aromatic rings. The molecule has 1 aliphatic heterocycles. The molecule has 2 rings (SSSR count). The minimum atomic E-state index is -0.800. The molecule has 0 aromatic carbocycles. The fraction of sp³-hybridized carbons (Fsp3) is 0.545. The van der Waals surface area contributed by atoms with E-state index in [-0.39, 0.29) is 0 Å². The SMILES string of the molecule is CCCN1CCCc2cc(C(=O)O)sc21. The minimum Gasteiger partial charge on any atom is -0.477 e. The number of aromatic carboxylic acids is 1. The number of thiophene rings is 1. The van der Waals surface area contributed by atoms with E-state index in [4.69, 9.17) is 5.11 Å². The van der Waals surface area contributed by atoms with E-state index in [1.165, 1.54) is 21.9 Å². The zero-order valence-corrected chi connectivity index (χ0v) is 9.64. The molecular weight excluding hydrogens is 210 g/mol. The van der Waals surface area contributed by atoms with Crippen LogP contribution in [0.15, 0.2) is 6.07 Å². The highest BCUT2D eigenvalue weighted by Gasteiger charge is 2.21.